The molecule has 0 radical (unpaired) electrons. The molecule has 0 aliphatic carbocycles. The van der Waals surface area contributed by atoms with Crippen molar-refractivity contribution in [3.05, 3.63) is 35.9 Å². The average molecular weight is 234 g/mol. The number of azo groups is 1. The normalized spacial score (nSPS) is 14.7. The van der Waals surface area contributed by atoms with E-state index < -0.39 is 12.0 Å². The van der Waals surface area contributed by atoms with Gasteiger partial charge < -0.3 is 5.11 Å². The predicted octanol–water partition coefficient (Wildman–Crippen LogP) is 2.79. The Labute approximate surface area is 101 Å². The summed E-state index contributed by atoms with van der Waals surface area (Å²) in [5.74, 6) is -0.577. The Hall–Kier alpha value is -1.71. The third-order valence-electron chi connectivity index (χ3n) is 2.43. The zero-order chi connectivity index (χ0) is 12.7. The van der Waals surface area contributed by atoms with Crippen LogP contribution in [0.25, 0.3) is 0 Å². The van der Waals surface area contributed by atoms with Gasteiger partial charge in [0.1, 0.15) is 0 Å². The van der Waals surface area contributed by atoms with Crippen LogP contribution in [0.4, 0.5) is 0 Å². The van der Waals surface area contributed by atoms with Gasteiger partial charge in [0.25, 0.3) is 0 Å². The molecular weight excluding hydrogens is 216 g/mol. The third kappa shape index (κ3) is 5.24. The number of nitrogens with zero attached hydrogens (tertiary/aromatic N) is 2. The average Bonchev–Trinajstić information content (AvgIpc) is 2.30. The van der Waals surface area contributed by atoms with Crippen LogP contribution in [-0.2, 0) is 11.2 Å². The maximum absolute atomic E-state index is 10.5. The highest BCUT2D eigenvalue weighted by molar-refractivity contribution is 5.72. The summed E-state index contributed by atoms with van der Waals surface area (Å²) in [6.45, 7) is 4.16. The van der Waals surface area contributed by atoms with Gasteiger partial charge in [-0.25, -0.2) is 4.79 Å². The van der Waals surface area contributed by atoms with Crippen LogP contribution in [0.2, 0.25) is 0 Å². The second-order valence-corrected chi connectivity index (χ2v) is 4.25. The molecule has 2 atom stereocenters. The number of carbonyl (C=O) groups is 1. The van der Waals surface area contributed by atoms with E-state index in [0.717, 1.165) is 6.42 Å². The summed E-state index contributed by atoms with van der Waals surface area (Å²) in [5.41, 5.74) is 1.27. The predicted molar refractivity (Wildman–Crippen MR) is 66.1 cm³/mol. The van der Waals surface area contributed by atoms with Gasteiger partial charge >= 0.3 is 5.97 Å². The molecule has 0 saturated carbocycles. The minimum absolute atomic E-state index is 0.363. The van der Waals surface area contributed by atoms with Crippen molar-refractivity contribution in [2.75, 3.05) is 6.54 Å². The second kappa shape index (κ2) is 6.78. The Kier molecular flexibility index (Phi) is 5.33. The fourth-order valence-corrected chi connectivity index (χ4v) is 1.44. The van der Waals surface area contributed by atoms with E-state index in [4.69, 9.17) is 5.11 Å². The fraction of sp³-hybridized carbons (Fsp3) is 0.462. The minimum atomic E-state index is -0.940. The monoisotopic (exact) mass is 234 g/mol. The molecule has 0 amide bonds. The van der Waals surface area contributed by atoms with E-state index in [-0.39, 0.29) is 0 Å². The van der Waals surface area contributed by atoms with Gasteiger partial charge in [-0.1, -0.05) is 37.3 Å². The number of benzene rings is 1. The van der Waals surface area contributed by atoms with Crippen LogP contribution in [0.1, 0.15) is 19.4 Å². The minimum Gasteiger partial charge on any atom is -0.480 e. The van der Waals surface area contributed by atoms with E-state index in [1.54, 1.807) is 0 Å². The Balaban J connectivity index is 2.35. The van der Waals surface area contributed by atoms with Gasteiger partial charge in [-0.05, 0) is 24.8 Å². The lowest BCUT2D eigenvalue weighted by atomic mass is 10.0. The highest BCUT2D eigenvalue weighted by atomic mass is 16.4. The maximum Gasteiger partial charge on any atom is 0.330 e. The summed E-state index contributed by atoms with van der Waals surface area (Å²) in [4.78, 5) is 10.5. The number of rotatable bonds is 6. The van der Waals surface area contributed by atoms with Crippen molar-refractivity contribution in [2.24, 2.45) is 16.1 Å². The van der Waals surface area contributed by atoms with Crippen LogP contribution in [0.5, 0.6) is 0 Å². The number of aliphatic carboxylic acids is 1. The summed E-state index contributed by atoms with van der Waals surface area (Å²) in [6.07, 6.45) is 0.932. The number of carboxylic acid groups (broad SMARTS) is 1. The lowest BCUT2D eigenvalue weighted by Crippen LogP contribution is -2.12. The lowest BCUT2D eigenvalue weighted by Gasteiger charge is -2.07. The van der Waals surface area contributed by atoms with Crippen molar-refractivity contribution in [1.29, 1.82) is 0 Å². The van der Waals surface area contributed by atoms with Gasteiger partial charge in [-0.2, -0.15) is 10.2 Å². The van der Waals surface area contributed by atoms with Gasteiger partial charge in [-0.3, -0.25) is 0 Å². The summed E-state index contributed by atoms with van der Waals surface area (Å²) in [7, 11) is 0. The fourth-order valence-electron chi connectivity index (χ4n) is 1.44. The van der Waals surface area contributed by atoms with Gasteiger partial charge in [0.15, 0.2) is 6.04 Å². The zero-order valence-electron chi connectivity index (χ0n) is 10.2. The summed E-state index contributed by atoms with van der Waals surface area (Å²) in [5, 5.41) is 16.3. The molecule has 0 saturated heterocycles. The molecule has 1 aromatic carbocycles. The van der Waals surface area contributed by atoms with E-state index in [9.17, 15) is 4.79 Å². The van der Waals surface area contributed by atoms with Crippen molar-refractivity contribution in [2.45, 2.75) is 26.3 Å². The van der Waals surface area contributed by atoms with E-state index >= 15 is 0 Å². The topological polar surface area (TPSA) is 62.0 Å². The Bertz CT molecular complexity index is 376. The van der Waals surface area contributed by atoms with Crippen LogP contribution < -0.4 is 0 Å². The van der Waals surface area contributed by atoms with Gasteiger partial charge in [0.05, 0.1) is 6.54 Å². The third-order valence-corrected chi connectivity index (χ3v) is 2.43. The van der Waals surface area contributed by atoms with Crippen LogP contribution in [0, 0.1) is 5.92 Å². The SMILES string of the molecule is CC(CN=NC(C)C(=O)O)Cc1ccccc1. The van der Waals surface area contributed by atoms with Crippen molar-refractivity contribution in [3.63, 3.8) is 0 Å². The Morgan fingerprint density at radius 1 is 1.29 bits per heavy atom. The maximum atomic E-state index is 10.5. The van der Waals surface area contributed by atoms with Crippen LogP contribution in [-0.4, -0.2) is 23.7 Å². The smallest absolute Gasteiger partial charge is 0.330 e. The first kappa shape index (κ1) is 13.4. The zero-order valence-corrected chi connectivity index (χ0v) is 10.2. The van der Waals surface area contributed by atoms with Crippen molar-refractivity contribution < 1.29 is 9.90 Å². The number of carboxylic acids is 1. The number of hydrogen-bond acceptors (Lipinski definition) is 3. The molecule has 0 aromatic heterocycles. The standard InChI is InChI=1S/C13H18N2O2/c1-10(8-12-6-4-3-5-7-12)9-14-15-11(2)13(16)17/h3-7,10-11H,8-9H2,1-2H3,(H,16,17). The first-order valence-electron chi connectivity index (χ1n) is 5.73. The molecule has 4 heteroatoms. The summed E-state index contributed by atoms with van der Waals surface area (Å²) in [6, 6.07) is 9.41. The first-order chi connectivity index (χ1) is 8.09. The molecule has 0 spiro atoms. The van der Waals surface area contributed by atoms with E-state index in [2.05, 4.69) is 29.3 Å². The molecule has 0 aliphatic heterocycles. The molecule has 0 heterocycles. The first-order valence-corrected chi connectivity index (χ1v) is 5.73. The quantitative estimate of drug-likeness (QED) is 0.769. The molecule has 1 N–H and O–H groups in total. The number of hydrogen-bond donors (Lipinski definition) is 1. The molecule has 0 fully saturated rings. The largest absolute Gasteiger partial charge is 0.480 e. The lowest BCUT2D eigenvalue weighted by molar-refractivity contribution is -0.138. The van der Waals surface area contributed by atoms with E-state index in [1.165, 1.54) is 12.5 Å². The molecule has 1 aromatic rings. The summed E-state index contributed by atoms with van der Waals surface area (Å²) >= 11 is 0. The van der Waals surface area contributed by atoms with Gasteiger partial charge in [0.2, 0.25) is 0 Å². The van der Waals surface area contributed by atoms with Crippen molar-refractivity contribution in [1.82, 2.24) is 0 Å². The molecule has 2 unspecified atom stereocenters. The highest BCUT2D eigenvalue weighted by Crippen LogP contribution is 2.08. The summed E-state index contributed by atoms with van der Waals surface area (Å²) < 4.78 is 0. The molecular formula is C13H18N2O2. The van der Waals surface area contributed by atoms with E-state index in [0.29, 0.717) is 12.5 Å². The second-order valence-electron chi connectivity index (χ2n) is 4.25. The van der Waals surface area contributed by atoms with Gasteiger partial charge in [-0.15, -0.1) is 0 Å². The van der Waals surface area contributed by atoms with Crippen molar-refractivity contribution >= 4 is 5.97 Å². The van der Waals surface area contributed by atoms with Crippen LogP contribution in [0.3, 0.4) is 0 Å². The molecule has 92 valence electrons. The van der Waals surface area contributed by atoms with Gasteiger partial charge in [0, 0.05) is 0 Å². The molecule has 0 aliphatic rings. The Morgan fingerprint density at radius 3 is 2.53 bits per heavy atom. The van der Waals surface area contributed by atoms with Crippen LogP contribution >= 0.6 is 0 Å². The Morgan fingerprint density at radius 2 is 1.94 bits per heavy atom. The highest BCUT2D eigenvalue weighted by Gasteiger charge is 2.08. The molecule has 0 bridgehead atoms. The van der Waals surface area contributed by atoms with E-state index in [1.807, 2.05) is 18.2 Å². The van der Waals surface area contributed by atoms with Crippen LogP contribution in [0.15, 0.2) is 40.6 Å². The molecule has 1 rings (SSSR count). The molecule has 4 nitrogen and oxygen atoms in total. The molecule has 17 heavy (non-hydrogen) atoms. The van der Waals surface area contributed by atoms with Crippen molar-refractivity contribution in [3.8, 4) is 0 Å².